The predicted molar refractivity (Wildman–Crippen MR) is 137 cm³/mol. The average molecular weight is 599 g/mol. The minimum Gasteiger partial charge on any atom is -0.394 e. The van der Waals surface area contributed by atoms with Crippen LogP contribution in [0.2, 0.25) is 0 Å². The average Bonchev–Trinajstić information content (AvgIpc) is 3.28. The van der Waals surface area contributed by atoms with Gasteiger partial charge in [-0.15, -0.1) is 0 Å². The summed E-state index contributed by atoms with van der Waals surface area (Å²) < 4.78 is 28.9. The fraction of sp³-hybridized carbons (Fsp3) is 1.00. The minimum absolute atomic E-state index is 0.160. The molecule has 1 aliphatic carbocycles. The highest BCUT2D eigenvalue weighted by Gasteiger charge is 2.56. The summed E-state index contributed by atoms with van der Waals surface area (Å²) in [5, 5.41) is 77.2. The van der Waals surface area contributed by atoms with Crippen LogP contribution in [0.25, 0.3) is 0 Å². The van der Waals surface area contributed by atoms with E-state index in [0.29, 0.717) is 12.8 Å². The van der Waals surface area contributed by atoms with E-state index in [1.54, 1.807) is 0 Å². The highest BCUT2D eigenvalue weighted by molar-refractivity contribution is 5.07. The van der Waals surface area contributed by atoms with Crippen molar-refractivity contribution >= 4 is 0 Å². The molecular formula is C23H46N6O12. The van der Waals surface area contributed by atoms with Crippen LogP contribution in [0.4, 0.5) is 0 Å². The first kappa shape index (κ1) is 33.2. The van der Waals surface area contributed by atoms with Crippen molar-refractivity contribution in [1.82, 2.24) is 5.32 Å². The molecule has 4 aliphatic rings. The zero-order chi connectivity index (χ0) is 30.2. The van der Waals surface area contributed by atoms with Crippen LogP contribution in [-0.2, 0) is 23.7 Å². The van der Waals surface area contributed by atoms with Crippen molar-refractivity contribution in [3.63, 3.8) is 0 Å². The fourth-order valence-electron chi connectivity index (χ4n) is 5.82. The van der Waals surface area contributed by atoms with Gasteiger partial charge < -0.3 is 93.4 Å². The molecule has 0 aromatic carbocycles. The van der Waals surface area contributed by atoms with Crippen molar-refractivity contribution in [1.29, 1.82) is 0 Å². The Balaban J connectivity index is 1.54. The van der Waals surface area contributed by atoms with Crippen LogP contribution in [0, 0.1) is 0 Å². The first-order valence-corrected chi connectivity index (χ1v) is 13.8. The molecule has 18 heteroatoms. The number of fused-ring (bicyclic) bond motifs is 1. The second-order valence-corrected chi connectivity index (χ2v) is 11.2. The molecule has 0 aromatic heterocycles. The van der Waals surface area contributed by atoms with Crippen LogP contribution in [0.3, 0.4) is 0 Å². The summed E-state index contributed by atoms with van der Waals surface area (Å²) in [4.78, 5) is 0. The molecule has 18 unspecified atom stereocenters. The van der Waals surface area contributed by atoms with Gasteiger partial charge in [-0.25, -0.2) is 0 Å². The molecule has 4 fully saturated rings. The normalized spacial score (nSPS) is 53.3. The zero-order valence-electron chi connectivity index (χ0n) is 22.5. The second kappa shape index (κ2) is 13.9. The highest BCUT2D eigenvalue weighted by atomic mass is 16.8. The van der Waals surface area contributed by atoms with Crippen molar-refractivity contribution < 1.29 is 59.4 Å². The van der Waals surface area contributed by atoms with Crippen molar-refractivity contribution in [2.24, 2.45) is 28.7 Å². The van der Waals surface area contributed by atoms with Gasteiger partial charge in [-0.05, 0) is 12.8 Å². The molecule has 0 bridgehead atoms. The first-order chi connectivity index (χ1) is 19.4. The Morgan fingerprint density at radius 3 is 1.98 bits per heavy atom. The molecule has 0 radical (unpaired) electrons. The minimum atomic E-state index is -1.61. The van der Waals surface area contributed by atoms with Gasteiger partial charge in [0, 0.05) is 19.1 Å². The van der Waals surface area contributed by atoms with E-state index in [2.05, 4.69) is 5.32 Å². The molecule has 18 nitrogen and oxygen atoms in total. The van der Waals surface area contributed by atoms with Crippen LogP contribution in [-0.4, -0.2) is 166 Å². The fourth-order valence-corrected chi connectivity index (χ4v) is 5.82. The zero-order valence-corrected chi connectivity index (χ0v) is 22.5. The topological polar surface area (TPSA) is 330 Å². The molecule has 18 N–H and O–H groups in total. The van der Waals surface area contributed by atoms with Crippen LogP contribution in [0.1, 0.15) is 12.8 Å². The summed E-state index contributed by atoms with van der Waals surface area (Å²) in [7, 11) is 0. The van der Waals surface area contributed by atoms with Gasteiger partial charge in [0.05, 0.1) is 36.9 Å². The maximum absolute atomic E-state index is 11.1. The maximum atomic E-state index is 11.1. The summed E-state index contributed by atoms with van der Waals surface area (Å²) in [6, 6.07) is -4.60. The molecule has 3 aliphatic heterocycles. The number of hydrogen-bond acceptors (Lipinski definition) is 18. The summed E-state index contributed by atoms with van der Waals surface area (Å²) in [5.74, 6) is 0. The van der Waals surface area contributed by atoms with Crippen LogP contribution < -0.4 is 34.0 Å². The summed E-state index contributed by atoms with van der Waals surface area (Å²) >= 11 is 0. The van der Waals surface area contributed by atoms with Gasteiger partial charge in [-0.2, -0.15) is 0 Å². The molecule has 18 atom stereocenters. The van der Waals surface area contributed by atoms with Crippen LogP contribution >= 0.6 is 0 Å². The Morgan fingerprint density at radius 1 is 0.683 bits per heavy atom. The Kier molecular flexibility index (Phi) is 11.3. The summed E-state index contributed by atoms with van der Waals surface area (Å²) in [6.45, 7) is -0.630. The van der Waals surface area contributed by atoms with Crippen LogP contribution in [0.5, 0.6) is 0 Å². The van der Waals surface area contributed by atoms with E-state index in [-0.39, 0.29) is 19.1 Å². The van der Waals surface area contributed by atoms with Crippen molar-refractivity contribution in [3.8, 4) is 0 Å². The van der Waals surface area contributed by atoms with Gasteiger partial charge in [-0.3, -0.25) is 0 Å². The van der Waals surface area contributed by atoms with Crippen molar-refractivity contribution in [2.45, 2.75) is 123 Å². The third kappa shape index (κ3) is 6.70. The molecule has 3 saturated heterocycles. The molecule has 240 valence electrons. The number of aliphatic hydroxyl groups excluding tert-OH is 7. The SMILES string of the molecule is NCC1CCC(N)C(O)OC2C(N1)C(O)C(N)C(O)C2OC1OC(CO)C(OC2OC(CN)C(O)C(O)C2N)C1O. The number of ether oxygens (including phenoxy) is 5. The Labute approximate surface area is 236 Å². The molecule has 41 heavy (non-hydrogen) atoms. The molecular weight excluding hydrogens is 552 g/mol. The second-order valence-electron chi connectivity index (χ2n) is 11.2. The maximum Gasteiger partial charge on any atom is 0.187 e. The van der Waals surface area contributed by atoms with Crippen molar-refractivity contribution in [2.75, 3.05) is 19.7 Å². The Bertz CT molecular complexity index is 838. The van der Waals surface area contributed by atoms with E-state index in [4.69, 9.17) is 52.4 Å². The first-order valence-electron chi connectivity index (χ1n) is 13.8. The number of hydrogen-bond donors (Lipinski definition) is 13. The lowest BCUT2D eigenvalue weighted by molar-refractivity contribution is -0.284. The molecule has 0 amide bonds. The third-order valence-electron chi connectivity index (χ3n) is 8.43. The molecule has 0 aromatic rings. The van der Waals surface area contributed by atoms with E-state index in [9.17, 15) is 35.7 Å². The summed E-state index contributed by atoms with van der Waals surface area (Å²) in [5.41, 5.74) is 29.7. The van der Waals surface area contributed by atoms with Gasteiger partial charge >= 0.3 is 0 Å². The Hall–Kier alpha value is -0.720. The number of aliphatic hydroxyl groups is 7. The van der Waals surface area contributed by atoms with Crippen LogP contribution in [0.15, 0.2) is 0 Å². The standard InChI is InChI=1S/C23H46N6O12/c24-3-6-1-2-7(26)21(36)39-19-12(29-6)14(32)10(27)16(34)20(19)41-23-17(35)18(9(5-30)38-23)40-22-11(28)15(33)13(31)8(4-25)37-22/h6-23,29-36H,1-5,24-28H2. The van der Waals surface area contributed by atoms with Gasteiger partial charge in [-0.1, -0.05) is 0 Å². The number of nitrogens with one attached hydrogen (secondary N) is 1. The largest absolute Gasteiger partial charge is 0.394 e. The van der Waals surface area contributed by atoms with E-state index in [0.717, 1.165) is 0 Å². The van der Waals surface area contributed by atoms with Gasteiger partial charge in [0.1, 0.15) is 54.9 Å². The van der Waals surface area contributed by atoms with Gasteiger partial charge in [0.15, 0.2) is 18.9 Å². The van der Waals surface area contributed by atoms with Gasteiger partial charge in [0.25, 0.3) is 0 Å². The monoisotopic (exact) mass is 598 g/mol. The van der Waals surface area contributed by atoms with Crippen molar-refractivity contribution in [3.05, 3.63) is 0 Å². The summed E-state index contributed by atoms with van der Waals surface area (Å²) in [6.07, 6.45) is -17.0. The molecule has 4 rings (SSSR count). The lowest BCUT2D eigenvalue weighted by Gasteiger charge is -2.48. The smallest absolute Gasteiger partial charge is 0.187 e. The number of rotatable bonds is 7. The highest BCUT2D eigenvalue weighted by Crippen LogP contribution is 2.34. The van der Waals surface area contributed by atoms with E-state index >= 15 is 0 Å². The van der Waals surface area contributed by atoms with Gasteiger partial charge in [0.2, 0.25) is 0 Å². The predicted octanol–water partition coefficient (Wildman–Crippen LogP) is -8.26. The quantitative estimate of drug-likeness (QED) is 0.129. The molecule has 0 spiro atoms. The molecule has 1 saturated carbocycles. The van der Waals surface area contributed by atoms with E-state index in [1.165, 1.54) is 0 Å². The Morgan fingerprint density at radius 2 is 1.34 bits per heavy atom. The van der Waals surface area contributed by atoms with E-state index in [1.807, 2.05) is 0 Å². The number of nitrogens with two attached hydrogens (primary N) is 5. The molecule has 3 heterocycles. The third-order valence-corrected chi connectivity index (χ3v) is 8.43. The van der Waals surface area contributed by atoms with E-state index < -0.39 is 111 Å². The lowest BCUT2D eigenvalue weighted by atomic mass is 9.81. The lowest BCUT2D eigenvalue weighted by Crippen LogP contribution is -2.73.